The Hall–Kier alpha value is -0.390. The zero-order valence-corrected chi connectivity index (χ0v) is 11.2. The van der Waals surface area contributed by atoms with Crippen LogP contribution < -0.4 is 4.90 Å². The topological polar surface area (TPSA) is 49.2 Å². The van der Waals surface area contributed by atoms with Crippen molar-refractivity contribution in [3.63, 3.8) is 0 Å². The highest BCUT2D eigenvalue weighted by atomic mass is 79.9. The van der Waals surface area contributed by atoms with E-state index < -0.39 is 0 Å². The highest BCUT2D eigenvalue weighted by Gasteiger charge is 2.28. The van der Waals surface area contributed by atoms with Gasteiger partial charge < -0.3 is 10.0 Å². The van der Waals surface area contributed by atoms with Gasteiger partial charge in [0.05, 0.1) is 10.6 Å². The molecule has 0 amide bonds. The molecular weight excluding hydrogens is 293 g/mol. The summed E-state index contributed by atoms with van der Waals surface area (Å²) in [5.41, 5.74) is 0. The van der Waals surface area contributed by atoms with Gasteiger partial charge in [-0.15, -0.1) is 0 Å². The number of hydrogen-bond donors (Lipinski definition) is 1. The second-order valence-electron chi connectivity index (χ2n) is 4.05. The molecule has 1 aliphatic rings. The fourth-order valence-electron chi connectivity index (χ4n) is 1.93. The number of aromatic nitrogens is 2. The van der Waals surface area contributed by atoms with Gasteiger partial charge in [0.2, 0.25) is 5.28 Å². The molecule has 88 valence electrons. The van der Waals surface area contributed by atoms with Crippen LogP contribution >= 0.6 is 27.5 Å². The molecule has 0 radical (unpaired) electrons. The molecule has 0 saturated carbocycles. The molecule has 1 aliphatic heterocycles. The lowest BCUT2D eigenvalue weighted by molar-refractivity contribution is 0.136. The summed E-state index contributed by atoms with van der Waals surface area (Å²) in [6, 6.07) is 0. The van der Waals surface area contributed by atoms with Crippen LogP contribution in [0.25, 0.3) is 0 Å². The first-order valence-corrected chi connectivity index (χ1v) is 6.36. The Kier molecular flexibility index (Phi) is 3.66. The summed E-state index contributed by atoms with van der Waals surface area (Å²) in [5.74, 6) is 1.11. The van der Waals surface area contributed by atoms with Crippen LogP contribution in [0.4, 0.5) is 5.82 Å². The average Bonchev–Trinajstić information content (AvgIpc) is 2.70. The first-order valence-electron chi connectivity index (χ1n) is 5.19. The Morgan fingerprint density at radius 3 is 3.06 bits per heavy atom. The third kappa shape index (κ3) is 2.47. The molecule has 1 aromatic rings. The van der Waals surface area contributed by atoms with Gasteiger partial charge in [-0.25, -0.2) is 4.98 Å². The maximum atomic E-state index is 9.54. The first-order chi connectivity index (χ1) is 7.58. The van der Waals surface area contributed by atoms with Crippen molar-refractivity contribution >= 4 is 33.3 Å². The zero-order valence-electron chi connectivity index (χ0n) is 8.90. The SMILES string of the molecule is CC(O)C1CCN(c2nc(Cl)ncc2Br)C1. The molecule has 1 aromatic heterocycles. The Morgan fingerprint density at radius 2 is 2.44 bits per heavy atom. The van der Waals surface area contributed by atoms with E-state index in [4.69, 9.17) is 11.6 Å². The van der Waals surface area contributed by atoms with Crippen LogP contribution in [-0.4, -0.2) is 34.3 Å². The molecule has 2 unspecified atom stereocenters. The third-order valence-corrected chi connectivity index (χ3v) is 3.64. The van der Waals surface area contributed by atoms with Crippen molar-refractivity contribution in [3.8, 4) is 0 Å². The first kappa shape index (κ1) is 12.1. The van der Waals surface area contributed by atoms with Gasteiger partial charge in [0.1, 0.15) is 5.82 Å². The molecule has 2 heterocycles. The number of aliphatic hydroxyl groups excluding tert-OH is 1. The van der Waals surface area contributed by atoms with E-state index in [1.807, 2.05) is 6.92 Å². The van der Waals surface area contributed by atoms with E-state index in [1.165, 1.54) is 0 Å². The van der Waals surface area contributed by atoms with E-state index in [9.17, 15) is 5.11 Å². The summed E-state index contributed by atoms with van der Waals surface area (Å²) in [4.78, 5) is 10.2. The number of anilines is 1. The van der Waals surface area contributed by atoms with Crippen LogP contribution in [0.1, 0.15) is 13.3 Å². The van der Waals surface area contributed by atoms with Gasteiger partial charge in [-0.1, -0.05) is 0 Å². The van der Waals surface area contributed by atoms with Crippen LogP contribution in [0, 0.1) is 5.92 Å². The molecule has 1 N–H and O–H groups in total. The minimum Gasteiger partial charge on any atom is -0.393 e. The molecule has 16 heavy (non-hydrogen) atoms. The van der Waals surface area contributed by atoms with Crippen molar-refractivity contribution in [3.05, 3.63) is 16.0 Å². The maximum absolute atomic E-state index is 9.54. The van der Waals surface area contributed by atoms with Crippen LogP contribution in [0.2, 0.25) is 5.28 Å². The van der Waals surface area contributed by atoms with Gasteiger partial charge in [-0.3, -0.25) is 0 Å². The minimum atomic E-state index is -0.277. The third-order valence-electron chi connectivity index (χ3n) is 2.90. The monoisotopic (exact) mass is 305 g/mol. The fourth-order valence-corrected chi connectivity index (χ4v) is 2.50. The molecule has 6 heteroatoms. The Balaban J connectivity index is 2.17. The van der Waals surface area contributed by atoms with Gasteiger partial charge in [0.25, 0.3) is 0 Å². The summed E-state index contributed by atoms with van der Waals surface area (Å²) in [6.45, 7) is 3.53. The smallest absolute Gasteiger partial charge is 0.224 e. The molecule has 4 nitrogen and oxygen atoms in total. The Labute approximate surface area is 108 Å². The van der Waals surface area contributed by atoms with Crippen molar-refractivity contribution in [2.24, 2.45) is 5.92 Å². The molecular formula is C10H13BrClN3O. The number of halogens is 2. The van der Waals surface area contributed by atoms with Crippen LogP contribution in [-0.2, 0) is 0 Å². The molecule has 1 fully saturated rings. The largest absolute Gasteiger partial charge is 0.393 e. The van der Waals surface area contributed by atoms with Crippen molar-refractivity contribution < 1.29 is 5.11 Å². The lowest BCUT2D eigenvalue weighted by Gasteiger charge is -2.19. The fraction of sp³-hybridized carbons (Fsp3) is 0.600. The van der Waals surface area contributed by atoms with Gasteiger partial charge >= 0.3 is 0 Å². The van der Waals surface area contributed by atoms with Crippen molar-refractivity contribution in [1.82, 2.24) is 9.97 Å². The summed E-state index contributed by atoms with van der Waals surface area (Å²) in [7, 11) is 0. The van der Waals surface area contributed by atoms with E-state index in [1.54, 1.807) is 6.20 Å². The van der Waals surface area contributed by atoms with Crippen molar-refractivity contribution in [2.45, 2.75) is 19.4 Å². The Morgan fingerprint density at radius 1 is 1.69 bits per heavy atom. The molecule has 0 bridgehead atoms. The van der Waals surface area contributed by atoms with Gasteiger partial charge in [-0.05, 0) is 40.9 Å². The molecule has 2 atom stereocenters. The summed E-state index contributed by atoms with van der Waals surface area (Å²) < 4.78 is 0.836. The van der Waals surface area contributed by atoms with E-state index in [0.29, 0.717) is 5.92 Å². The molecule has 2 rings (SSSR count). The predicted octanol–water partition coefficient (Wildman–Crippen LogP) is 2.10. The maximum Gasteiger partial charge on any atom is 0.224 e. The molecule has 1 saturated heterocycles. The molecule has 0 aromatic carbocycles. The quantitative estimate of drug-likeness (QED) is 0.850. The van der Waals surface area contributed by atoms with E-state index >= 15 is 0 Å². The Bertz CT molecular complexity index is 388. The van der Waals surface area contributed by atoms with Crippen molar-refractivity contribution in [2.75, 3.05) is 18.0 Å². The molecule has 0 aliphatic carbocycles. The van der Waals surface area contributed by atoms with Gasteiger partial charge in [0, 0.05) is 25.2 Å². The van der Waals surface area contributed by atoms with Crippen LogP contribution in [0.15, 0.2) is 10.7 Å². The summed E-state index contributed by atoms with van der Waals surface area (Å²) >= 11 is 9.18. The van der Waals surface area contributed by atoms with E-state index in [-0.39, 0.29) is 11.4 Å². The van der Waals surface area contributed by atoms with Crippen molar-refractivity contribution in [1.29, 1.82) is 0 Å². The average molecular weight is 307 g/mol. The normalized spacial score (nSPS) is 22.5. The second kappa shape index (κ2) is 4.85. The van der Waals surface area contributed by atoms with Gasteiger partial charge in [-0.2, -0.15) is 4.98 Å². The van der Waals surface area contributed by atoms with E-state index in [2.05, 4.69) is 30.8 Å². The van der Waals surface area contributed by atoms with E-state index in [0.717, 1.165) is 29.8 Å². The lowest BCUT2D eigenvalue weighted by Crippen LogP contribution is -2.25. The zero-order chi connectivity index (χ0) is 11.7. The standard InChI is InChI=1S/C10H13BrClN3O/c1-6(16)7-2-3-15(5-7)9-8(11)4-13-10(12)14-9/h4,6-7,16H,2-3,5H2,1H3. The molecule has 0 spiro atoms. The summed E-state index contributed by atoms with van der Waals surface area (Å²) in [5, 5.41) is 9.79. The van der Waals surface area contributed by atoms with Gasteiger partial charge in [0.15, 0.2) is 0 Å². The predicted molar refractivity (Wildman–Crippen MR) is 66.7 cm³/mol. The lowest BCUT2D eigenvalue weighted by atomic mass is 10.0. The number of hydrogen-bond acceptors (Lipinski definition) is 4. The van der Waals surface area contributed by atoms with Crippen LogP contribution in [0.5, 0.6) is 0 Å². The highest BCUT2D eigenvalue weighted by molar-refractivity contribution is 9.10. The number of aliphatic hydroxyl groups is 1. The highest BCUT2D eigenvalue weighted by Crippen LogP contribution is 2.30. The summed E-state index contributed by atoms with van der Waals surface area (Å²) in [6.07, 6.45) is 2.35. The number of rotatable bonds is 2. The van der Waals surface area contributed by atoms with Crippen LogP contribution in [0.3, 0.4) is 0 Å². The number of nitrogens with zero attached hydrogens (tertiary/aromatic N) is 3. The minimum absolute atomic E-state index is 0.249. The second-order valence-corrected chi connectivity index (χ2v) is 5.24.